The Morgan fingerprint density at radius 1 is 1.20 bits per heavy atom. The Hall–Kier alpha value is -0.860. The van der Waals surface area contributed by atoms with E-state index in [2.05, 4.69) is 43.4 Å². The van der Waals surface area contributed by atoms with Crippen molar-refractivity contribution in [1.29, 1.82) is 0 Å². The molecule has 1 aromatic carbocycles. The fraction of sp³-hybridized carbons (Fsp3) is 0.538. The van der Waals surface area contributed by atoms with E-state index in [1.54, 1.807) is 0 Å². The maximum Gasteiger partial charge on any atom is 0.0468 e. The number of aliphatic hydroxyl groups excluding tert-OH is 1. The largest absolute Gasteiger partial charge is 0.396 e. The van der Waals surface area contributed by atoms with Crippen LogP contribution in [0.2, 0.25) is 0 Å². The Bertz CT molecular complexity index is 281. The summed E-state index contributed by atoms with van der Waals surface area (Å²) in [5.41, 5.74) is 2.58. The van der Waals surface area contributed by atoms with Gasteiger partial charge in [0, 0.05) is 19.2 Å². The molecule has 2 nitrogen and oxygen atoms in total. The quantitative estimate of drug-likeness (QED) is 0.776. The maximum absolute atomic E-state index is 8.91. The first-order chi connectivity index (χ1) is 7.13. The first-order valence-corrected chi connectivity index (χ1v) is 5.54. The molecule has 2 heteroatoms. The minimum Gasteiger partial charge on any atom is -0.396 e. The molecule has 0 aliphatic heterocycles. The molecule has 84 valence electrons. The van der Waals surface area contributed by atoms with Gasteiger partial charge in [-0.3, -0.25) is 0 Å². The number of nitrogens with one attached hydrogen (secondary N) is 1. The standard InChI is InChI=1S/C13H21NO/c1-10-4-6-13(7-5-10)12(3)14-8-11(2)9-15/h4-7,11-12,14-15H,8-9H2,1-3H3/t11?,12-/m0/s1. The summed E-state index contributed by atoms with van der Waals surface area (Å²) in [5, 5.41) is 12.3. The molecule has 1 aromatic rings. The second-order valence-corrected chi connectivity index (χ2v) is 4.33. The second kappa shape index (κ2) is 5.89. The Morgan fingerprint density at radius 2 is 1.80 bits per heavy atom. The second-order valence-electron chi connectivity index (χ2n) is 4.33. The van der Waals surface area contributed by atoms with Crippen LogP contribution in [0.5, 0.6) is 0 Å². The fourth-order valence-electron chi connectivity index (χ4n) is 1.42. The third kappa shape index (κ3) is 4.02. The van der Waals surface area contributed by atoms with E-state index in [-0.39, 0.29) is 6.61 Å². The van der Waals surface area contributed by atoms with Gasteiger partial charge >= 0.3 is 0 Å². The van der Waals surface area contributed by atoms with Gasteiger partial charge in [-0.25, -0.2) is 0 Å². The van der Waals surface area contributed by atoms with Gasteiger partial charge in [-0.2, -0.15) is 0 Å². The molecule has 0 aliphatic carbocycles. The van der Waals surface area contributed by atoms with Crippen LogP contribution in [0.3, 0.4) is 0 Å². The van der Waals surface area contributed by atoms with Crippen LogP contribution in [-0.4, -0.2) is 18.3 Å². The molecule has 0 saturated heterocycles. The van der Waals surface area contributed by atoms with Gasteiger partial charge < -0.3 is 10.4 Å². The highest BCUT2D eigenvalue weighted by atomic mass is 16.3. The zero-order valence-electron chi connectivity index (χ0n) is 9.83. The lowest BCUT2D eigenvalue weighted by Gasteiger charge is -2.17. The molecule has 1 unspecified atom stereocenters. The summed E-state index contributed by atoms with van der Waals surface area (Å²) < 4.78 is 0. The number of hydrogen-bond donors (Lipinski definition) is 2. The number of aryl methyl sites for hydroxylation is 1. The van der Waals surface area contributed by atoms with Crippen molar-refractivity contribution in [2.45, 2.75) is 26.8 Å². The van der Waals surface area contributed by atoms with Crippen LogP contribution in [0.1, 0.15) is 31.0 Å². The molecule has 0 fully saturated rings. The van der Waals surface area contributed by atoms with Crippen molar-refractivity contribution in [3.05, 3.63) is 35.4 Å². The van der Waals surface area contributed by atoms with Crippen LogP contribution in [0.4, 0.5) is 0 Å². The lowest BCUT2D eigenvalue weighted by molar-refractivity contribution is 0.231. The first-order valence-electron chi connectivity index (χ1n) is 5.54. The van der Waals surface area contributed by atoms with E-state index < -0.39 is 0 Å². The molecule has 0 radical (unpaired) electrons. The summed E-state index contributed by atoms with van der Waals surface area (Å²) in [5.74, 6) is 0.317. The molecule has 0 saturated carbocycles. The average molecular weight is 207 g/mol. The van der Waals surface area contributed by atoms with Crippen molar-refractivity contribution in [1.82, 2.24) is 5.32 Å². The van der Waals surface area contributed by atoms with E-state index >= 15 is 0 Å². The molecule has 0 spiro atoms. The van der Waals surface area contributed by atoms with Gasteiger partial charge in [0.05, 0.1) is 0 Å². The topological polar surface area (TPSA) is 32.3 Å². The monoisotopic (exact) mass is 207 g/mol. The van der Waals surface area contributed by atoms with Crippen molar-refractivity contribution in [3.63, 3.8) is 0 Å². The zero-order chi connectivity index (χ0) is 11.3. The van der Waals surface area contributed by atoms with E-state index in [9.17, 15) is 0 Å². The van der Waals surface area contributed by atoms with Gasteiger partial charge in [-0.1, -0.05) is 36.8 Å². The van der Waals surface area contributed by atoms with Gasteiger partial charge in [-0.15, -0.1) is 0 Å². The molecule has 2 N–H and O–H groups in total. The summed E-state index contributed by atoms with van der Waals surface area (Å²) in [4.78, 5) is 0. The highest BCUT2D eigenvalue weighted by molar-refractivity contribution is 5.23. The minimum atomic E-state index is 0.244. The normalized spacial score (nSPS) is 14.9. The van der Waals surface area contributed by atoms with Crippen LogP contribution < -0.4 is 5.32 Å². The van der Waals surface area contributed by atoms with Crippen molar-refractivity contribution in [2.24, 2.45) is 5.92 Å². The van der Waals surface area contributed by atoms with Crippen LogP contribution >= 0.6 is 0 Å². The lowest BCUT2D eigenvalue weighted by atomic mass is 10.1. The minimum absolute atomic E-state index is 0.244. The molecule has 0 heterocycles. The number of rotatable bonds is 5. The van der Waals surface area contributed by atoms with Gasteiger partial charge in [-0.05, 0) is 25.3 Å². The SMILES string of the molecule is Cc1ccc([C@H](C)NCC(C)CO)cc1. The third-order valence-corrected chi connectivity index (χ3v) is 2.66. The molecule has 0 amide bonds. The van der Waals surface area contributed by atoms with Gasteiger partial charge in [0.25, 0.3) is 0 Å². The molecular formula is C13H21NO. The molecule has 0 aromatic heterocycles. The average Bonchev–Trinajstić information content (AvgIpc) is 2.26. The molecular weight excluding hydrogens is 186 g/mol. The van der Waals surface area contributed by atoms with Gasteiger partial charge in [0.2, 0.25) is 0 Å². The highest BCUT2D eigenvalue weighted by Crippen LogP contribution is 2.13. The molecule has 15 heavy (non-hydrogen) atoms. The summed E-state index contributed by atoms with van der Waals surface area (Å²) in [7, 11) is 0. The van der Waals surface area contributed by atoms with E-state index in [1.165, 1.54) is 11.1 Å². The number of aliphatic hydroxyl groups is 1. The van der Waals surface area contributed by atoms with Crippen molar-refractivity contribution in [2.75, 3.05) is 13.2 Å². The fourth-order valence-corrected chi connectivity index (χ4v) is 1.42. The highest BCUT2D eigenvalue weighted by Gasteiger charge is 2.06. The Kier molecular flexibility index (Phi) is 4.79. The van der Waals surface area contributed by atoms with Crippen LogP contribution in [0.25, 0.3) is 0 Å². The summed E-state index contributed by atoms with van der Waals surface area (Å²) in [6, 6.07) is 8.90. The van der Waals surface area contributed by atoms with E-state index in [0.717, 1.165) is 6.54 Å². The van der Waals surface area contributed by atoms with E-state index in [1.807, 2.05) is 6.92 Å². The summed E-state index contributed by atoms with van der Waals surface area (Å²) >= 11 is 0. The van der Waals surface area contributed by atoms with Crippen molar-refractivity contribution < 1.29 is 5.11 Å². The molecule has 2 atom stereocenters. The van der Waals surface area contributed by atoms with E-state index in [0.29, 0.717) is 12.0 Å². The molecule has 0 bridgehead atoms. The Balaban J connectivity index is 2.46. The lowest BCUT2D eigenvalue weighted by Crippen LogP contribution is -2.26. The Morgan fingerprint density at radius 3 is 2.33 bits per heavy atom. The van der Waals surface area contributed by atoms with Crippen LogP contribution in [0, 0.1) is 12.8 Å². The zero-order valence-corrected chi connectivity index (χ0v) is 9.83. The number of hydrogen-bond acceptors (Lipinski definition) is 2. The maximum atomic E-state index is 8.91. The molecule has 0 aliphatic rings. The molecule has 1 rings (SSSR count). The van der Waals surface area contributed by atoms with Crippen LogP contribution in [0.15, 0.2) is 24.3 Å². The Labute approximate surface area is 92.3 Å². The van der Waals surface area contributed by atoms with Crippen molar-refractivity contribution in [3.8, 4) is 0 Å². The summed E-state index contributed by atoms with van der Waals surface area (Å²) in [6.07, 6.45) is 0. The summed E-state index contributed by atoms with van der Waals surface area (Å²) in [6.45, 7) is 7.37. The third-order valence-electron chi connectivity index (χ3n) is 2.66. The van der Waals surface area contributed by atoms with Gasteiger partial charge in [0.15, 0.2) is 0 Å². The smallest absolute Gasteiger partial charge is 0.0468 e. The van der Waals surface area contributed by atoms with Gasteiger partial charge in [0.1, 0.15) is 0 Å². The van der Waals surface area contributed by atoms with Crippen LogP contribution in [-0.2, 0) is 0 Å². The van der Waals surface area contributed by atoms with E-state index in [4.69, 9.17) is 5.11 Å². The van der Waals surface area contributed by atoms with Crippen molar-refractivity contribution >= 4 is 0 Å². The predicted octanol–water partition coefficient (Wildman–Crippen LogP) is 2.27. The predicted molar refractivity (Wildman–Crippen MR) is 63.8 cm³/mol. The number of benzene rings is 1. The first kappa shape index (κ1) is 12.2.